The highest BCUT2D eigenvalue weighted by Gasteiger charge is 2.33. The Morgan fingerprint density at radius 1 is 1.15 bits per heavy atom. The van der Waals surface area contributed by atoms with Gasteiger partial charge in [0, 0.05) is 0 Å². The largest absolute Gasteiger partial charge is 0.495 e. The number of hydrogen-bond donors (Lipinski definition) is 0. The van der Waals surface area contributed by atoms with Crippen molar-refractivity contribution in [3.8, 4) is 5.75 Å². The van der Waals surface area contributed by atoms with Gasteiger partial charge in [-0.05, 0) is 36.4 Å². The summed E-state index contributed by atoms with van der Waals surface area (Å²) in [5, 5.41) is -0.125. The van der Waals surface area contributed by atoms with Crippen LogP contribution in [0.1, 0.15) is 5.56 Å². The highest BCUT2D eigenvalue weighted by Crippen LogP contribution is 2.38. The normalized spacial score (nSPS) is 11.9. The fourth-order valence-corrected chi connectivity index (χ4v) is 4.32. The molecule has 4 nitrogen and oxygen atoms in total. The van der Waals surface area contributed by atoms with Gasteiger partial charge in [-0.15, -0.1) is 6.58 Å². The number of sulfonamides is 1. The Morgan fingerprint density at radius 2 is 1.81 bits per heavy atom. The summed E-state index contributed by atoms with van der Waals surface area (Å²) in [5.41, 5.74) is -1.35. The minimum atomic E-state index is -4.66. The Balaban J connectivity index is 2.63. The van der Waals surface area contributed by atoms with Gasteiger partial charge < -0.3 is 4.74 Å². The van der Waals surface area contributed by atoms with Crippen molar-refractivity contribution in [1.82, 2.24) is 0 Å². The van der Waals surface area contributed by atoms with E-state index in [1.54, 1.807) is 0 Å². The van der Waals surface area contributed by atoms with Crippen molar-refractivity contribution in [2.75, 3.05) is 18.0 Å². The molecule has 0 atom stereocenters. The van der Waals surface area contributed by atoms with Gasteiger partial charge in [-0.1, -0.05) is 29.3 Å². The highest BCUT2D eigenvalue weighted by molar-refractivity contribution is 7.92. The first kappa shape index (κ1) is 21.4. The average Bonchev–Trinajstić information content (AvgIpc) is 2.59. The Hall–Kier alpha value is -1.90. The van der Waals surface area contributed by atoms with E-state index in [2.05, 4.69) is 6.58 Å². The lowest BCUT2D eigenvalue weighted by atomic mass is 10.2. The summed E-state index contributed by atoms with van der Waals surface area (Å²) < 4.78 is 70.9. The quantitative estimate of drug-likeness (QED) is 0.565. The molecule has 146 valence electrons. The van der Waals surface area contributed by atoms with Gasteiger partial charge in [0.2, 0.25) is 0 Å². The van der Waals surface area contributed by atoms with Crippen LogP contribution in [0.25, 0.3) is 0 Å². The van der Waals surface area contributed by atoms with E-state index < -0.39 is 21.8 Å². The molecule has 0 aliphatic rings. The van der Waals surface area contributed by atoms with E-state index >= 15 is 0 Å². The van der Waals surface area contributed by atoms with Gasteiger partial charge in [0.15, 0.2) is 0 Å². The Morgan fingerprint density at radius 3 is 2.33 bits per heavy atom. The minimum Gasteiger partial charge on any atom is -0.495 e. The zero-order valence-electron chi connectivity index (χ0n) is 13.9. The van der Waals surface area contributed by atoms with Gasteiger partial charge in [-0.3, -0.25) is 4.31 Å². The number of methoxy groups -OCH3 is 1. The van der Waals surface area contributed by atoms with E-state index in [1.807, 2.05) is 0 Å². The predicted molar refractivity (Wildman–Crippen MR) is 99.2 cm³/mol. The van der Waals surface area contributed by atoms with Crippen molar-refractivity contribution in [2.45, 2.75) is 11.1 Å². The van der Waals surface area contributed by atoms with Crippen molar-refractivity contribution in [3.63, 3.8) is 0 Å². The topological polar surface area (TPSA) is 46.6 Å². The summed E-state index contributed by atoms with van der Waals surface area (Å²) in [6.45, 7) is 3.16. The van der Waals surface area contributed by atoms with Gasteiger partial charge in [0.1, 0.15) is 5.75 Å². The molecule has 0 fully saturated rings. The third kappa shape index (κ3) is 4.51. The Kier molecular flexibility index (Phi) is 6.34. The molecule has 0 saturated carbocycles. The van der Waals surface area contributed by atoms with Crippen LogP contribution < -0.4 is 9.04 Å². The third-order valence-electron chi connectivity index (χ3n) is 3.55. The minimum absolute atomic E-state index is 0.0345. The molecular formula is C17H14Cl2F3NO3S. The zero-order valence-corrected chi connectivity index (χ0v) is 16.3. The molecule has 0 saturated heterocycles. The third-order valence-corrected chi connectivity index (χ3v) is 5.94. The van der Waals surface area contributed by atoms with Crippen LogP contribution >= 0.6 is 23.2 Å². The summed E-state index contributed by atoms with van der Waals surface area (Å²) >= 11 is 12.0. The second kappa shape index (κ2) is 8.00. The fourth-order valence-electron chi connectivity index (χ4n) is 2.26. The first-order chi connectivity index (χ1) is 12.5. The molecule has 0 aromatic heterocycles. The number of halogens is 5. The van der Waals surface area contributed by atoms with Crippen LogP contribution in [0.3, 0.4) is 0 Å². The first-order valence-electron chi connectivity index (χ1n) is 7.36. The second-order valence-electron chi connectivity index (χ2n) is 5.29. The second-order valence-corrected chi connectivity index (χ2v) is 7.96. The number of rotatable bonds is 6. The van der Waals surface area contributed by atoms with Crippen molar-refractivity contribution in [3.05, 3.63) is 64.7 Å². The van der Waals surface area contributed by atoms with Gasteiger partial charge in [-0.2, -0.15) is 13.2 Å². The maximum absolute atomic E-state index is 13.0. The molecule has 0 heterocycles. The lowest BCUT2D eigenvalue weighted by Crippen LogP contribution is -2.31. The Bertz CT molecular complexity index is 962. The molecule has 10 heteroatoms. The summed E-state index contributed by atoms with van der Waals surface area (Å²) in [6.07, 6.45) is -3.42. The van der Waals surface area contributed by atoms with Crippen LogP contribution in [0, 0.1) is 0 Å². The SMILES string of the molecule is C=CCN(c1cc(C(F)(F)F)ccc1Cl)S(=O)(=O)c1ccc(OC)c(Cl)c1. The number of anilines is 1. The van der Waals surface area contributed by atoms with Crippen LogP contribution in [-0.4, -0.2) is 22.1 Å². The lowest BCUT2D eigenvalue weighted by Gasteiger charge is -2.25. The van der Waals surface area contributed by atoms with E-state index in [1.165, 1.54) is 25.3 Å². The number of benzene rings is 2. The van der Waals surface area contributed by atoms with Crippen molar-refractivity contribution in [1.29, 1.82) is 0 Å². The number of ether oxygens (including phenoxy) is 1. The fraction of sp³-hybridized carbons (Fsp3) is 0.176. The Labute approximate surface area is 164 Å². The van der Waals surface area contributed by atoms with E-state index in [9.17, 15) is 21.6 Å². The molecule has 0 aliphatic heterocycles. The highest BCUT2D eigenvalue weighted by atomic mass is 35.5. The predicted octanol–water partition coefficient (Wildman–Crippen LogP) is 5.40. The number of hydrogen-bond acceptors (Lipinski definition) is 3. The molecule has 0 N–H and O–H groups in total. The van der Waals surface area contributed by atoms with Crippen molar-refractivity contribution in [2.24, 2.45) is 0 Å². The molecule has 27 heavy (non-hydrogen) atoms. The van der Waals surface area contributed by atoms with Crippen molar-refractivity contribution < 1.29 is 26.3 Å². The van der Waals surface area contributed by atoms with Gasteiger partial charge >= 0.3 is 6.18 Å². The first-order valence-corrected chi connectivity index (χ1v) is 9.56. The van der Waals surface area contributed by atoms with Crippen LogP contribution in [-0.2, 0) is 16.2 Å². The number of alkyl halides is 3. The molecule has 0 spiro atoms. The van der Waals surface area contributed by atoms with E-state index in [0.29, 0.717) is 6.07 Å². The summed E-state index contributed by atoms with van der Waals surface area (Å²) in [5.74, 6) is 0.253. The van der Waals surface area contributed by atoms with Crippen LogP contribution in [0.4, 0.5) is 18.9 Å². The molecule has 2 aromatic rings. The molecular weight excluding hydrogens is 426 g/mol. The monoisotopic (exact) mass is 439 g/mol. The molecule has 0 radical (unpaired) electrons. The van der Waals surface area contributed by atoms with Crippen LogP contribution in [0.15, 0.2) is 53.9 Å². The van der Waals surface area contributed by atoms with Gasteiger partial charge in [0.05, 0.1) is 39.8 Å². The lowest BCUT2D eigenvalue weighted by molar-refractivity contribution is -0.137. The smallest absolute Gasteiger partial charge is 0.416 e. The molecule has 2 aromatic carbocycles. The summed E-state index contributed by atoms with van der Waals surface area (Å²) in [4.78, 5) is -0.233. The van der Waals surface area contributed by atoms with Gasteiger partial charge in [-0.25, -0.2) is 8.42 Å². The molecule has 0 bridgehead atoms. The summed E-state index contributed by atoms with van der Waals surface area (Å²) in [6, 6.07) is 6.16. The molecule has 2 rings (SSSR count). The summed E-state index contributed by atoms with van der Waals surface area (Å²) in [7, 11) is -2.92. The standard InChI is InChI=1S/C17H14Cl2F3NO3S/c1-3-8-23(15-9-11(17(20,21)22)4-6-13(15)18)27(24,25)12-5-7-16(26-2)14(19)10-12/h3-7,9-10H,1,8H2,2H3. The zero-order chi connectivity index (χ0) is 20.4. The molecule has 0 aliphatic carbocycles. The maximum atomic E-state index is 13.0. The molecule has 0 amide bonds. The van der Waals surface area contributed by atoms with Gasteiger partial charge in [0.25, 0.3) is 10.0 Å². The molecule has 0 unspecified atom stereocenters. The van der Waals surface area contributed by atoms with E-state index in [-0.39, 0.29) is 32.9 Å². The van der Waals surface area contributed by atoms with E-state index in [0.717, 1.165) is 22.5 Å². The average molecular weight is 440 g/mol. The number of nitrogens with zero attached hydrogens (tertiary/aromatic N) is 1. The van der Waals surface area contributed by atoms with Crippen LogP contribution in [0.5, 0.6) is 5.75 Å². The van der Waals surface area contributed by atoms with Crippen molar-refractivity contribution >= 4 is 38.9 Å². The van der Waals surface area contributed by atoms with E-state index in [4.69, 9.17) is 27.9 Å². The maximum Gasteiger partial charge on any atom is 0.416 e. The van der Waals surface area contributed by atoms with Crippen LogP contribution in [0.2, 0.25) is 10.0 Å².